The van der Waals surface area contributed by atoms with E-state index >= 15 is 0 Å². The molecular weight excluding hydrogens is 476 g/mol. The van der Waals surface area contributed by atoms with Crippen LogP contribution in [0.3, 0.4) is 0 Å². The van der Waals surface area contributed by atoms with Crippen molar-refractivity contribution < 1.29 is 30.0 Å². The molecule has 1 aliphatic heterocycles. The fourth-order valence-electron chi connectivity index (χ4n) is 5.22. The third-order valence-electron chi connectivity index (χ3n) is 7.16. The van der Waals surface area contributed by atoms with E-state index in [1.165, 1.54) is 18.5 Å². The summed E-state index contributed by atoms with van der Waals surface area (Å²) in [5, 5.41) is 41.4. The van der Waals surface area contributed by atoms with Crippen molar-refractivity contribution in [2.75, 3.05) is 19.0 Å². The van der Waals surface area contributed by atoms with Crippen molar-refractivity contribution in [3.63, 3.8) is 0 Å². The van der Waals surface area contributed by atoms with Crippen molar-refractivity contribution in [2.24, 2.45) is 10.9 Å². The zero-order valence-electron chi connectivity index (χ0n) is 21.0. The second-order valence-electron chi connectivity index (χ2n) is 9.73. The molecule has 10 heteroatoms. The quantitative estimate of drug-likeness (QED) is 0.185. The molecule has 4 rings (SSSR count). The third kappa shape index (κ3) is 6.40. The molecule has 1 amide bonds. The Morgan fingerprint density at radius 3 is 2.65 bits per heavy atom. The Labute approximate surface area is 215 Å². The van der Waals surface area contributed by atoms with Gasteiger partial charge in [-0.25, -0.2) is 9.97 Å². The van der Waals surface area contributed by atoms with E-state index in [1.54, 1.807) is 13.2 Å². The molecule has 37 heavy (non-hydrogen) atoms. The Balaban J connectivity index is 1.51. The molecule has 1 aromatic carbocycles. The van der Waals surface area contributed by atoms with Gasteiger partial charge in [0.1, 0.15) is 17.9 Å². The van der Waals surface area contributed by atoms with Crippen LogP contribution in [0.5, 0.6) is 5.75 Å². The Morgan fingerprint density at radius 2 is 1.95 bits per heavy atom. The molecule has 5 N–H and O–H groups in total. The lowest BCUT2D eigenvalue weighted by atomic mass is 9.76. The number of hydrogen-bond acceptors (Lipinski definition) is 9. The van der Waals surface area contributed by atoms with E-state index in [4.69, 9.17) is 9.73 Å². The number of hydrogen-bond donors (Lipinski definition) is 5. The van der Waals surface area contributed by atoms with Gasteiger partial charge in [-0.2, -0.15) is 0 Å². The number of benzene rings is 1. The Hall–Kier alpha value is -3.18. The number of anilines is 1. The van der Waals surface area contributed by atoms with Crippen molar-refractivity contribution in [3.05, 3.63) is 53.5 Å². The van der Waals surface area contributed by atoms with Gasteiger partial charge < -0.3 is 30.5 Å². The number of methoxy groups -OCH3 is 1. The summed E-state index contributed by atoms with van der Waals surface area (Å²) in [7, 11) is 1.68. The molecule has 2 heterocycles. The van der Waals surface area contributed by atoms with Crippen LogP contribution in [0.1, 0.15) is 73.2 Å². The number of ether oxygens (including phenoxy) is 1. The molecule has 198 valence electrons. The minimum atomic E-state index is -3.17. The van der Waals surface area contributed by atoms with Gasteiger partial charge in [0.25, 0.3) is 0 Å². The Kier molecular flexibility index (Phi) is 8.33. The number of amides is 1. The number of fused-ring (bicyclic) bond motifs is 1. The number of rotatable bonds is 10. The SMILES string of the molecule is C=C(/N=C(\CCCCOC)C1CCC(c2ncnc3c2CC(=O)N3)CC1)c1ccc(O)c(C(O)(O)O)c1. The molecule has 0 bridgehead atoms. The van der Waals surface area contributed by atoms with E-state index in [0.29, 0.717) is 30.1 Å². The molecule has 1 aliphatic carbocycles. The average Bonchev–Trinajstić information content (AvgIpc) is 3.25. The van der Waals surface area contributed by atoms with Gasteiger partial charge in [0.05, 0.1) is 23.4 Å². The standard InChI is InChI=1S/C27H34N4O6/c1-16(19-10-11-23(32)21(13-19)27(34,35)36)30-22(5-3-4-12-37-2)17-6-8-18(9-7-17)25-20-14-24(33)31-26(20)29-15-28-25/h10-11,13,15,17-18,32,34-36H,1,3-9,12,14H2,2H3,(H,28,29,31,33)/b30-22+. The summed E-state index contributed by atoms with van der Waals surface area (Å²) in [6.45, 7) is 4.74. The predicted molar refractivity (Wildman–Crippen MR) is 138 cm³/mol. The largest absolute Gasteiger partial charge is 0.507 e. The summed E-state index contributed by atoms with van der Waals surface area (Å²) in [5.41, 5.74) is 3.32. The number of aliphatic imine (C=N–C) groups is 1. The molecule has 1 aromatic heterocycles. The highest BCUT2D eigenvalue weighted by atomic mass is 16.7. The van der Waals surface area contributed by atoms with Gasteiger partial charge in [-0.15, -0.1) is 0 Å². The van der Waals surface area contributed by atoms with Crippen molar-refractivity contribution in [2.45, 2.75) is 63.3 Å². The van der Waals surface area contributed by atoms with Crippen LogP contribution < -0.4 is 5.32 Å². The fraction of sp³-hybridized carbons (Fsp3) is 0.481. The van der Waals surface area contributed by atoms with Crippen molar-refractivity contribution in [1.82, 2.24) is 9.97 Å². The molecule has 0 atom stereocenters. The maximum atomic E-state index is 11.9. The van der Waals surface area contributed by atoms with Gasteiger partial charge in [-0.1, -0.05) is 6.58 Å². The van der Waals surface area contributed by atoms with Crippen LogP contribution >= 0.6 is 0 Å². The first-order valence-electron chi connectivity index (χ1n) is 12.6. The number of carbonyl (C=O) groups is 1. The Morgan fingerprint density at radius 1 is 1.19 bits per heavy atom. The fourth-order valence-corrected chi connectivity index (χ4v) is 5.22. The van der Waals surface area contributed by atoms with Crippen molar-refractivity contribution >= 4 is 23.1 Å². The summed E-state index contributed by atoms with van der Waals surface area (Å²) in [6, 6.07) is 4.11. The van der Waals surface area contributed by atoms with Crippen LogP contribution in [0.2, 0.25) is 0 Å². The normalized spacial score (nSPS) is 20.0. The van der Waals surface area contributed by atoms with Crippen LogP contribution in [0.25, 0.3) is 5.70 Å². The molecule has 2 aliphatic rings. The first-order valence-corrected chi connectivity index (χ1v) is 12.6. The van der Waals surface area contributed by atoms with Crippen molar-refractivity contribution in [1.29, 1.82) is 0 Å². The summed E-state index contributed by atoms with van der Waals surface area (Å²) >= 11 is 0. The lowest BCUT2D eigenvalue weighted by molar-refractivity contribution is -0.324. The van der Waals surface area contributed by atoms with E-state index < -0.39 is 17.3 Å². The average molecular weight is 511 g/mol. The molecular formula is C27H34N4O6. The van der Waals surface area contributed by atoms with E-state index in [9.17, 15) is 25.2 Å². The van der Waals surface area contributed by atoms with E-state index in [0.717, 1.165) is 61.9 Å². The van der Waals surface area contributed by atoms with Crippen LogP contribution in [0.15, 0.2) is 36.1 Å². The van der Waals surface area contributed by atoms with Crippen molar-refractivity contribution in [3.8, 4) is 5.75 Å². The second kappa shape index (κ2) is 11.5. The van der Waals surface area contributed by atoms with Gasteiger partial charge in [0.2, 0.25) is 5.91 Å². The molecule has 0 saturated heterocycles. The van der Waals surface area contributed by atoms with E-state index in [1.807, 2.05) is 0 Å². The topological polar surface area (TPSA) is 157 Å². The van der Waals surface area contributed by atoms with Crippen LogP contribution in [0, 0.1) is 5.92 Å². The summed E-state index contributed by atoms with van der Waals surface area (Å²) in [4.78, 5) is 25.5. The maximum Gasteiger partial charge on any atom is 0.308 e. The zero-order chi connectivity index (χ0) is 26.6. The lowest BCUT2D eigenvalue weighted by Gasteiger charge is -2.30. The van der Waals surface area contributed by atoms with Gasteiger partial charge in [-0.3, -0.25) is 9.79 Å². The monoisotopic (exact) mass is 510 g/mol. The molecule has 0 unspecified atom stereocenters. The number of aromatic hydroxyl groups is 1. The first kappa shape index (κ1) is 26.9. The van der Waals surface area contributed by atoms with Gasteiger partial charge in [0, 0.05) is 36.5 Å². The number of nitrogens with zero attached hydrogens (tertiary/aromatic N) is 3. The number of aliphatic hydroxyl groups is 3. The van der Waals surface area contributed by atoms with Crippen LogP contribution in [0.4, 0.5) is 5.82 Å². The number of nitrogens with one attached hydrogen (secondary N) is 1. The van der Waals surface area contributed by atoms with Crippen LogP contribution in [-0.4, -0.2) is 55.7 Å². The number of phenols is 1. The van der Waals surface area contributed by atoms with Gasteiger partial charge >= 0.3 is 5.97 Å². The maximum absolute atomic E-state index is 11.9. The predicted octanol–water partition coefficient (Wildman–Crippen LogP) is 2.97. The second-order valence-corrected chi connectivity index (χ2v) is 9.73. The summed E-state index contributed by atoms with van der Waals surface area (Å²) in [6.07, 6.45) is 8.07. The zero-order valence-corrected chi connectivity index (χ0v) is 21.0. The number of carbonyl (C=O) groups excluding carboxylic acids is 1. The molecule has 0 spiro atoms. The minimum absolute atomic E-state index is 0.0485. The smallest absolute Gasteiger partial charge is 0.308 e. The van der Waals surface area contributed by atoms with Crippen LogP contribution in [-0.2, 0) is 21.9 Å². The summed E-state index contributed by atoms with van der Waals surface area (Å²) < 4.78 is 5.19. The number of unbranched alkanes of at least 4 members (excludes halogenated alkanes) is 1. The van der Waals surface area contributed by atoms with Gasteiger partial charge in [-0.05, 0) is 69.1 Å². The highest BCUT2D eigenvalue weighted by Gasteiger charge is 2.32. The molecule has 1 fully saturated rings. The molecule has 0 radical (unpaired) electrons. The Bertz CT molecular complexity index is 1180. The van der Waals surface area contributed by atoms with Gasteiger partial charge in [0.15, 0.2) is 0 Å². The molecule has 10 nitrogen and oxygen atoms in total. The molecule has 1 saturated carbocycles. The number of aromatic nitrogens is 2. The summed E-state index contributed by atoms with van der Waals surface area (Å²) in [5.74, 6) is -2.54. The molecule has 2 aromatic rings. The lowest BCUT2D eigenvalue weighted by Crippen LogP contribution is -2.24. The van der Waals surface area contributed by atoms with E-state index in [-0.39, 0.29) is 17.7 Å². The van der Waals surface area contributed by atoms with E-state index in [2.05, 4.69) is 21.9 Å². The number of phenolic OH excluding ortho intramolecular Hbond substituents is 1. The highest BCUT2D eigenvalue weighted by molar-refractivity contribution is 5.98. The highest BCUT2D eigenvalue weighted by Crippen LogP contribution is 2.40. The first-order chi connectivity index (χ1) is 17.7. The third-order valence-corrected chi connectivity index (χ3v) is 7.16. The minimum Gasteiger partial charge on any atom is -0.507 e.